The van der Waals surface area contributed by atoms with Crippen LogP contribution in [0.3, 0.4) is 0 Å². The molecule has 2 amide bonds. The number of nitrogens with one attached hydrogen (secondary N) is 1. The van der Waals surface area contributed by atoms with Crippen LogP contribution in [-0.4, -0.2) is 46.8 Å². The number of halogens is 1. The van der Waals surface area contributed by atoms with Crippen LogP contribution in [0.15, 0.2) is 35.5 Å². The topological polar surface area (TPSA) is 83.9 Å². The van der Waals surface area contributed by atoms with Gasteiger partial charge in [0.1, 0.15) is 0 Å². The van der Waals surface area contributed by atoms with Gasteiger partial charge in [-0.3, -0.25) is 4.79 Å². The van der Waals surface area contributed by atoms with Crippen molar-refractivity contribution in [2.75, 3.05) is 18.4 Å². The van der Waals surface area contributed by atoms with E-state index in [1.807, 2.05) is 30.9 Å². The second-order valence-electron chi connectivity index (χ2n) is 8.10. The Kier molecular flexibility index (Phi) is 6.23. The van der Waals surface area contributed by atoms with Gasteiger partial charge in [0.2, 0.25) is 0 Å². The summed E-state index contributed by atoms with van der Waals surface area (Å²) in [6.45, 7) is 5.22. The quantitative estimate of drug-likeness (QED) is 0.692. The van der Waals surface area contributed by atoms with Crippen molar-refractivity contribution in [3.05, 3.63) is 52.2 Å². The Hall–Kier alpha value is -2.93. The number of rotatable bonds is 5. The highest BCUT2D eigenvalue weighted by Gasteiger charge is 2.22. The zero-order valence-electron chi connectivity index (χ0n) is 17.7. The van der Waals surface area contributed by atoms with E-state index in [2.05, 4.69) is 15.3 Å². The fourth-order valence-electron chi connectivity index (χ4n) is 3.80. The Morgan fingerprint density at radius 3 is 2.74 bits per heavy atom. The third-order valence-corrected chi connectivity index (χ3v) is 5.57. The minimum absolute atomic E-state index is 0.0954. The Morgan fingerprint density at radius 1 is 1.23 bits per heavy atom. The molecule has 1 saturated heterocycles. The van der Waals surface area contributed by atoms with E-state index in [1.54, 1.807) is 18.3 Å². The minimum atomic E-state index is -0.277. The summed E-state index contributed by atoms with van der Waals surface area (Å²) >= 11 is 6.45. The molecule has 0 unspecified atom stereocenters. The van der Waals surface area contributed by atoms with E-state index >= 15 is 0 Å². The second-order valence-corrected chi connectivity index (χ2v) is 8.50. The highest BCUT2D eigenvalue weighted by Crippen LogP contribution is 2.31. The number of hydrogen-bond donors (Lipinski definition) is 1. The van der Waals surface area contributed by atoms with E-state index < -0.39 is 0 Å². The van der Waals surface area contributed by atoms with E-state index in [9.17, 15) is 9.59 Å². The molecule has 0 radical (unpaired) electrons. The van der Waals surface area contributed by atoms with Crippen LogP contribution in [0, 0.1) is 0 Å². The average molecular weight is 441 g/mol. The fourth-order valence-corrected chi connectivity index (χ4v) is 4.03. The number of pyridine rings is 1. The van der Waals surface area contributed by atoms with Gasteiger partial charge < -0.3 is 15.0 Å². The zero-order chi connectivity index (χ0) is 22.0. The molecule has 0 aliphatic carbocycles. The van der Waals surface area contributed by atoms with Crippen molar-refractivity contribution < 1.29 is 14.3 Å². The number of aliphatic imine (C=N–C) groups is 1. The monoisotopic (exact) mass is 440 g/mol. The van der Waals surface area contributed by atoms with Gasteiger partial charge in [0.05, 0.1) is 18.2 Å². The molecule has 2 aliphatic heterocycles. The molecule has 1 aromatic carbocycles. The van der Waals surface area contributed by atoms with Gasteiger partial charge in [0.15, 0.2) is 5.82 Å². The maximum Gasteiger partial charge on any atom is 0.321 e. The molecular weight excluding hydrogens is 416 g/mol. The smallest absolute Gasteiger partial charge is 0.321 e. The molecule has 162 valence electrons. The standard InChI is InChI=1S/C23H25ClN4O3/c1-14(2)31-21(29)10-15-9-16-11-20(27-22(16)25-13-15)18-12-17(5-6-19(18)24)26-23(30)28-7-3-4-8-28/h5-6,9,12-14H,3-4,7-8,10-11H2,1-2H3,(H,26,30). The molecule has 2 aromatic rings. The Bertz CT molecular complexity index is 1050. The number of likely N-dealkylation sites (tertiary alicyclic amines) is 1. The number of ether oxygens (including phenoxy) is 1. The Morgan fingerprint density at radius 2 is 2.00 bits per heavy atom. The van der Waals surface area contributed by atoms with Crippen LogP contribution in [0.2, 0.25) is 5.02 Å². The normalized spacial score (nSPS) is 15.1. The first kappa shape index (κ1) is 21.3. The van der Waals surface area contributed by atoms with Crippen LogP contribution in [0.4, 0.5) is 16.3 Å². The Balaban J connectivity index is 1.48. The second kappa shape index (κ2) is 9.06. The number of benzene rings is 1. The first-order valence-electron chi connectivity index (χ1n) is 10.5. The maximum absolute atomic E-state index is 12.4. The largest absolute Gasteiger partial charge is 0.463 e. The summed E-state index contributed by atoms with van der Waals surface area (Å²) < 4.78 is 5.21. The summed E-state index contributed by atoms with van der Waals surface area (Å²) in [6.07, 6.45) is 4.31. The average Bonchev–Trinajstić information content (AvgIpc) is 3.38. The van der Waals surface area contributed by atoms with Gasteiger partial charge in [-0.1, -0.05) is 11.6 Å². The molecule has 0 atom stereocenters. The molecule has 1 aromatic heterocycles. The third kappa shape index (κ3) is 5.05. The van der Waals surface area contributed by atoms with E-state index in [1.165, 1.54) is 0 Å². The zero-order valence-corrected chi connectivity index (χ0v) is 18.4. The van der Waals surface area contributed by atoms with Gasteiger partial charge in [-0.15, -0.1) is 0 Å². The van der Waals surface area contributed by atoms with Crippen LogP contribution in [0.25, 0.3) is 0 Å². The summed E-state index contributed by atoms with van der Waals surface area (Å²) in [4.78, 5) is 35.2. The van der Waals surface area contributed by atoms with Crippen molar-refractivity contribution in [1.82, 2.24) is 9.88 Å². The summed E-state index contributed by atoms with van der Waals surface area (Å²) in [5.41, 5.74) is 3.96. The number of carbonyl (C=O) groups is 2. The van der Waals surface area contributed by atoms with E-state index in [0.717, 1.165) is 48.3 Å². The van der Waals surface area contributed by atoms with E-state index in [-0.39, 0.29) is 24.5 Å². The van der Waals surface area contributed by atoms with Gasteiger partial charge in [0.25, 0.3) is 0 Å². The summed E-state index contributed by atoms with van der Waals surface area (Å²) in [6, 6.07) is 7.25. The number of urea groups is 1. The molecule has 3 heterocycles. The predicted molar refractivity (Wildman–Crippen MR) is 120 cm³/mol. The highest BCUT2D eigenvalue weighted by atomic mass is 35.5. The lowest BCUT2D eigenvalue weighted by Crippen LogP contribution is -2.32. The number of hydrogen-bond acceptors (Lipinski definition) is 5. The molecular formula is C23H25ClN4O3. The fraction of sp³-hybridized carbons (Fsp3) is 0.391. The van der Waals surface area contributed by atoms with Crippen molar-refractivity contribution >= 4 is 40.8 Å². The molecule has 7 nitrogen and oxygen atoms in total. The van der Waals surface area contributed by atoms with E-state index in [0.29, 0.717) is 22.9 Å². The lowest BCUT2D eigenvalue weighted by atomic mass is 10.0. The van der Waals surface area contributed by atoms with Crippen LogP contribution in [0.5, 0.6) is 0 Å². The van der Waals surface area contributed by atoms with Gasteiger partial charge in [0, 0.05) is 47.5 Å². The Labute approximate surface area is 186 Å². The predicted octanol–water partition coefficient (Wildman–Crippen LogP) is 4.53. The highest BCUT2D eigenvalue weighted by molar-refractivity contribution is 6.34. The first-order chi connectivity index (χ1) is 14.9. The molecule has 1 fully saturated rings. The summed E-state index contributed by atoms with van der Waals surface area (Å²) in [5.74, 6) is 0.346. The lowest BCUT2D eigenvalue weighted by Gasteiger charge is -2.17. The molecule has 31 heavy (non-hydrogen) atoms. The summed E-state index contributed by atoms with van der Waals surface area (Å²) in [5, 5.41) is 3.51. The number of carbonyl (C=O) groups excluding carboxylic acids is 2. The number of esters is 1. The molecule has 0 spiro atoms. The van der Waals surface area contributed by atoms with Gasteiger partial charge in [-0.05, 0) is 56.5 Å². The minimum Gasteiger partial charge on any atom is -0.463 e. The molecule has 0 bridgehead atoms. The van der Waals surface area contributed by atoms with Crippen molar-refractivity contribution in [1.29, 1.82) is 0 Å². The van der Waals surface area contributed by atoms with Crippen LogP contribution in [0.1, 0.15) is 43.4 Å². The number of fused-ring (bicyclic) bond motifs is 1. The lowest BCUT2D eigenvalue weighted by molar-refractivity contribution is -0.146. The molecule has 2 aliphatic rings. The SMILES string of the molecule is CC(C)OC(=O)Cc1cnc2c(c1)CC(c1cc(NC(=O)N3CCCC3)ccc1Cl)=N2. The number of aromatic nitrogens is 1. The molecule has 8 heteroatoms. The van der Waals surface area contributed by atoms with Crippen molar-refractivity contribution in [2.45, 2.75) is 45.6 Å². The number of amides is 2. The van der Waals surface area contributed by atoms with E-state index in [4.69, 9.17) is 16.3 Å². The van der Waals surface area contributed by atoms with Crippen molar-refractivity contribution in [3.63, 3.8) is 0 Å². The molecule has 0 saturated carbocycles. The van der Waals surface area contributed by atoms with Crippen molar-refractivity contribution in [3.8, 4) is 0 Å². The molecule has 1 N–H and O–H groups in total. The third-order valence-electron chi connectivity index (χ3n) is 5.24. The number of anilines is 1. The molecule has 4 rings (SSSR count). The van der Waals surface area contributed by atoms with Gasteiger partial charge >= 0.3 is 12.0 Å². The number of nitrogens with zero attached hydrogens (tertiary/aromatic N) is 3. The summed E-state index contributed by atoms with van der Waals surface area (Å²) in [7, 11) is 0. The van der Waals surface area contributed by atoms with Crippen LogP contribution >= 0.6 is 11.6 Å². The maximum atomic E-state index is 12.4. The van der Waals surface area contributed by atoms with Crippen LogP contribution in [-0.2, 0) is 22.4 Å². The van der Waals surface area contributed by atoms with Gasteiger partial charge in [-0.2, -0.15) is 0 Å². The van der Waals surface area contributed by atoms with Crippen molar-refractivity contribution in [2.24, 2.45) is 4.99 Å². The van der Waals surface area contributed by atoms with Gasteiger partial charge in [-0.25, -0.2) is 14.8 Å². The first-order valence-corrected chi connectivity index (χ1v) is 10.9. The van der Waals surface area contributed by atoms with Crippen LogP contribution < -0.4 is 5.32 Å².